The monoisotopic (exact) mass is 339 g/mol. The second kappa shape index (κ2) is 6.98. The molecule has 130 valence electrons. The average molecular weight is 339 g/mol. The van der Waals surface area contributed by atoms with Crippen molar-refractivity contribution in [2.45, 2.75) is 37.6 Å². The van der Waals surface area contributed by atoms with Crippen LogP contribution in [0.15, 0.2) is 30.5 Å². The summed E-state index contributed by atoms with van der Waals surface area (Å²) in [6.45, 7) is -0.383. The van der Waals surface area contributed by atoms with E-state index in [0.29, 0.717) is 18.4 Å². The van der Waals surface area contributed by atoms with Crippen molar-refractivity contribution >= 4 is 22.8 Å². The van der Waals surface area contributed by atoms with E-state index in [4.69, 9.17) is 4.74 Å². The Kier molecular flexibility index (Phi) is 4.75. The van der Waals surface area contributed by atoms with E-state index in [1.54, 1.807) is 6.20 Å². The summed E-state index contributed by atoms with van der Waals surface area (Å²) in [7, 11) is 1.85. The summed E-state index contributed by atoms with van der Waals surface area (Å²) in [5, 5.41) is 12.9. The second-order valence-electron chi connectivity index (χ2n) is 6.55. The summed E-state index contributed by atoms with van der Waals surface area (Å²) >= 11 is 0. The molecule has 0 radical (unpaired) electrons. The number of aromatic nitrogens is 1. The number of amides is 1. The Morgan fingerprint density at radius 3 is 2.72 bits per heavy atom. The molecule has 1 N–H and O–H groups in total. The van der Waals surface area contributed by atoms with Gasteiger partial charge in [-0.05, 0) is 18.9 Å². The lowest BCUT2D eigenvalue weighted by atomic mass is 9.83. The molecule has 1 fully saturated rings. The highest BCUT2D eigenvalue weighted by Gasteiger charge is 2.33. The Balaban J connectivity index is 1.64. The van der Waals surface area contributed by atoms with Gasteiger partial charge in [0, 0.05) is 24.1 Å². The standard InChI is InChI=1S/C19H21N3O3/c1-22-11-15(14-7-3-4-8-16(14)22)18(24)25-12-17(23)21-19(13-20)9-5-2-6-10-19/h3-4,7-8,11H,2,5-6,9-10,12H2,1H3,(H,21,23). The van der Waals surface area contributed by atoms with E-state index in [9.17, 15) is 14.9 Å². The number of carbonyl (C=O) groups excluding carboxylic acids is 2. The molecule has 2 aromatic rings. The molecule has 1 aromatic carbocycles. The summed E-state index contributed by atoms with van der Waals surface area (Å²) in [5.41, 5.74) is 0.532. The van der Waals surface area contributed by atoms with Crippen molar-refractivity contribution in [1.29, 1.82) is 5.26 Å². The molecule has 25 heavy (non-hydrogen) atoms. The van der Waals surface area contributed by atoms with Gasteiger partial charge < -0.3 is 14.6 Å². The highest BCUT2D eigenvalue weighted by atomic mass is 16.5. The zero-order valence-electron chi connectivity index (χ0n) is 14.2. The van der Waals surface area contributed by atoms with Crippen LogP contribution in [0.5, 0.6) is 0 Å². The van der Waals surface area contributed by atoms with Gasteiger partial charge in [-0.1, -0.05) is 37.5 Å². The normalized spacial score (nSPS) is 16.2. The van der Waals surface area contributed by atoms with Gasteiger partial charge in [0.25, 0.3) is 5.91 Å². The lowest BCUT2D eigenvalue weighted by molar-refractivity contribution is -0.125. The topological polar surface area (TPSA) is 84.1 Å². The third kappa shape index (κ3) is 3.50. The lowest BCUT2D eigenvalue weighted by Crippen LogP contribution is -2.50. The zero-order valence-corrected chi connectivity index (χ0v) is 14.2. The number of nitrogens with one attached hydrogen (secondary N) is 1. The predicted octanol–water partition coefficient (Wildman–Crippen LogP) is 2.68. The van der Waals surface area contributed by atoms with E-state index < -0.39 is 17.4 Å². The maximum Gasteiger partial charge on any atom is 0.340 e. The summed E-state index contributed by atoms with van der Waals surface area (Å²) in [4.78, 5) is 24.5. The van der Waals surface area contributed by atoms with Crippen LogP contribution in [-0.4, -0.2) is 28.6 Å². The maximum absolute atomic E-state index is 12.3. The molecule has 1 aromatic heterocycles. The molecule has 0 bridgehead atoms. The number of esters is 1. The van der Waals surface area contributed by atoms with Crippen molar-refractivity contribution in [3.8, 4) is 6.07 Å². The number of rotatable bonds is 4. The van der Waals surface area contributed by atoms with Gasteiger partial charge in [-0.3, -0.25) is 4.79 Å². The first kappa shape index (κ1) is 17.0. The van der Waals surface area contributed by atoms with Crippen molar-refractivity contribution in [2.75, 3.05) is 6.61 Å². The Hall–Kier alpha value is -2.81. The van der Waals surface area contributed by atoms with Crippen molar-refractivity contribution in [1.82, 2.24) is 9.88 Å². The molecule has 0 aliphatic heterocycles. The molecular formula is C19H21N3O3. The SMILES string of the molecule is Cn1cc(C(=O)OCC(=O)NC2(C#N)CCCCC2)c2ccccc21. The highest BCUT2D eigenvalue weighted by molar-refractivity contribution is 6.04. The van der Waals surface area contributed by atoms with Crippen LogP contribution in [0.1, 0.15) is 42.5 Å². The van der Waals surface area contributed by atoms with Crippen molar-refractivity contribution in [3.63, 3.8) is 0 Å². The summed E-state index contributed by atoms with van der Waals surface area (Å²) in [5.74, 6) is -0.973. The van der Waals surface area contributed by atoms with E-state index in [1.165, 1.54) is 0 Å². The van der Waals surface area contributed by atoms with Crippen LogP contribution < -0.4 is 5.32 Å². The van der Waals surface area contributed by atoms with Gasteiger partial charge in [-0.15, -0.1) is 0 Å². The summed E-state index contributed by atoms with van der Waals surface area (Å²) in [6.07, 6.45) is 5.91. The van der Waals surface area contributed by atoms with E-state index in [-0.39, 0.29) is 6.61 Å². The molecular weight excluding hydrogens is 318 g/mol. The number of benzene rings is 1. The van der Waals surface area contributed by atoms with E-state index in [1.807, 2.05) is 35.9 Å². The van der Waals surface area contributed by atoms with Crippen LogP contribution in [0.3, 0.4) is 0 Å². The van der Waals surface area contributed by atoms with Gasteiger partial charge in [0.1, 0.15) is 5.54 Å². The minimum absolute atomic E-state index is 0.383. The van der Waals surface area contributed by atoms with Crippen LogP contribution in [0.25, 0.3) is 10.9 Å². The van der Waals surface area contributed by atoms with Crippen molar-refractivity contribution < 1.29 is 14.3 Å². The number of para-hydroxylation sites is 1. The van der Waals surface area contributed by atoms with Crippen molar-refractivity contribution in [3.05, 3.63) is 36.0 Å². The van der Waals surface area contributed by atoms with Crippen LogP contribution in [0, 0.1) is 11.3 Å². The van der Waals surface area contributed by atoms with E-state index in [2.05, 4.69) is 11.4 Å². The Labute approximate surface area is 146 Å². The van der Waals surface area contributed by atoms with Crippen LogP contribution in [0.4, 0.5) is 0 Å². The predicted molar refractivity (Wildman–Crippen MR) is 92.8 cm³/mol. The number of hydrogen-bond acceptors (Lipinski definition) is 4. The third-order valence-corrected chi connectivity index (χ3v) is 4.75. The molecule has 1 heterocycles. The van der Waals surface area contributed by atoms with Gasteiger partial charge in [0.2, 0.25) is 0 Å². The molecule has 1 amide bonds. The smallest absolute Gasteiger partial charge is 0.340 e. The number of nitriles is 1. The average Bonchev–Trinajstić information content (AvgIpc) is 2.98. The molecule has 6 heteroatoms. The fourth-order valence-corrected chi connectivity index (χ4v) is 3.44. The van der Waals surface area contributed by atoms with Gasteiger partial charge in [0.15, 0.2) is 6.61 Å². The fraction of sp³-hybridized carbons (Fsp3) is 0.421. The molecule has 1 aliphatic rings. The summed E-state index contributed by atoms with van der Waals surface area (Å²) < 4.78 is 7.01. The van der Waals surface area contributed by atoms with E-state index >= 15 is 0 Å². The third-order valence-electron chi connectivity index (χ3n) is 4.75. The van der Waals surface area contributed by atoms with Crippen LogP contribution >= 0.6 is 0 Å². The molecule has 6 nitrogen and oxygen atoms in total. The first-order chi connectivity index (χ1) is 12.0. The molecule has 0 atom stereocenters. The first-order valence-electron chi connectivity index (χ1n) is 8.48. The Morgan fingerprint density at radius 1 is 1.28 bits per heavy atom. The van der Waals surface area contributed by atoms with Crippen LogP contribution in [0.2, 0.25) is 0 Å². The van der Waals surface area contributed by atoms with Gasteiger partial charge in [-0.25, -0.2) is 4.79 Å². The lowest BCUT2D eigenvalue weighted by Gasteiger charge is -2.31. The highest BCUT2D eigenvalue weighted by Crippen LogP contribution is 2.27. The maximum atomic E-state index is 12.3. The van der Waals surface area contributed by atoms with Crippen molar-refractivity contribution in [2.24, 2.45) is 7.05 Å². The number of ether oxygens (including phenoxy) is 1. The minimum atomic E-state index is -0.818. The number of aryl methyl sites for hydroxylation is 1. The quantitative estimate of drug-likeness (QED) is 0.868. The largest absolute Gasteiger partial charge is 0.452 e. The Bertz CT molecular complexity index is 841. The van der Waals surface area contributed by atoms with Crippen LogP contribution in [-0.2, 0) is 16.6 Å². The molecule has 0 spiro atoms. The second-order valence-corrected chi connectivity index (χ2v) is 6.55. The van der Waals surface area contributed by atoms with Gasteiger partial charge >= 0.3 is 5.97 Å². The van der Waals surface area contributed by atoms with E-state index in [0.717, 1.165) is 30.2 Å². The molecule has 0 saturated heterocycles. The Morgan fingerprint density at radius 2 is 2.00 bits per heavy atom. The molecule has 3 rings (SSSR count). The summed E-state index contributed by atoms with van der Waals surface area (Å²) in [6, 6.07) is 9.73. The zero-order chi connectivity index (χ0) is 17.9. The minimum Gasteiger partial charge on any atom is -0.452 e. The molecule has 1 aliphatic carbocycles. The number of carbonyl (C=O) groups is 2. The van der Waals surface area contributed by atoms with Gasteiger partial charge in [0.05, 0.1) is 11.6 Å². The number of hydrogen-bond donors (Lipinski definition) is 1. The number of nitrogens with zero attached hydrogens (tertiary/aromatic N) is 2. The molecule has 1 saturated carbocycles. The van der Waals surface area contributed by atoms with Gasteiger partial charge in [-0.2, -0.15) is 5.26 Å². The molecule has 0 unspecified atom stereocenters. The number of fused-ring (bicyclic) bond motifs is 1. The fourth-order valence-electron chi connectivity index (χ4n) is 3.44. The first-order valence-corrected chi connectivity index (χ1v) is 8.48.